The molecule has 2 aliphatic heterocycles. The second-order valence-electron chi connectivity index (χ2n) is 4.55. The Balaban J connectivity index is 1.74. The standard InChI is InChI=1S/C11H21N3O/c15-11(14-6-4-12-5-7-14)8-10-2-1-3-13-9-10/h10,12-13H,1-9H2. The topological polar surface area (TPSA) is 44.4 Å². The first-order valence-electron chi connectivity index (χ1n) is 6.05. The summed E-state index contributed by atoms with van der Waals surface area (Å²) in [6, 6.07) is 0. The number of nitrogens with zero attached hydrogens (tertiary/aromatic N) is 1. The van der Waals surface area contributed by atoms with E-state index in [2.05, 4.69) is 10.6 Å². The van der Waals surface area contributed by atoms with Crippen molar-refractivity contribution >= 4 is 5.91 Å². The van der Waals surface area contributed by atoms with Crippen LogP contribution in [0.5, 0.6) is 0 Å². The highest BCUT2D eigenvalue weighted by atomic mass is 16.2. The smallest absolute Gasteiger partial charge is 0.222 e. The van der Waals surface area contributed by atoms with E-state index in [4.69, 9.17) is 0 Å². The quantitative estimate of drug-likeness (QED) is 0.665. The maximum absolute atomic E-state index is 11.9. The number of hydrogen-bond acceptors (Lipinski definition) is 3. The highest BCUT2D eigenvalue weighted by molar-refractivity contribution is 5.76. The van der Waals surface area contributed by atoms with Crippen molar-refractivity contribution in [2.75, 3.05) is 39.3 Å². The van der Waals surface area contributed by atoms with Crippen LogP contribution in [0.15, 0.2) is 0 Å². The number of rotatable bonds is 2. The molecule has 2 aliphatic rings. The molecule has 1 unspecified atom stereocenters. The van der Waals surface area contributed by atoms with Gasteiger partial charge in [-0.2, -0.15) is 0 Å². The minimum Gasteiger partial charge on any atom is -0.340 e. The fourth-order valence-electron chi connectivity index (χ4n) is 2.39. The SMILES string of the molecule is O=C(CC1CCCNC1)N1CCNCC1. The molecule has 0 bridgehead atoms. The summed E-state index contributed by atoms with van der Waals surface area (Å²) in [5, 5.41) is 6.63. The minimum absolute atomic E-state index is 0.352. The first-order valence-corrected chi connectivity index (χ1v) is 6.05. The molecule has 0 radical (unpaired) electrons. The van der Waals surface area contributed by atoms with E-state index in [1.807, 2.05) is 4.90 Å². The third-order valence-electron chi connectivity index (χ3n) is 3.33. The highest BCUT2D eigenvalue weighted by Gasteiger charge is 2.21. The van der Waals surface area contributed by atoms with Gasteiger partial charge in [0, 0.05) is 32.6 Å². The lowest BCUT2D eigenvalue weighted by Crippen LogP contribution is -2.47. The molecule has 15 heavy (non-hydrogen) atoms. The van der Waals surface area contributed by atoms with Gasteiger partial charge in [-0.25, -0.2) is 0 Å². The molecular formula is C11H21N3O. The van der Waals surface area contributed by atoms with Crippen LogP contribution in [0.3, 0.4) is 0 Å². The molecule has 0 aromatic heterocycles. The monoisotopic (exact) mass is 211 g/mol. The van der Waals surface area contributed by atoms with Crippen LogP contribution in [-0.4, -0.2) is 50.1 Å². The van der Waals surface area contributed by atoms with Gasteiger partial charge >= 0.3 is 0 Å². The molecule has 2 fully saturated rings. The van der Waals surface area contributed by atoms with E-state index in [0.29, 0.717) is 11.8 Å². The molecule has 0 saturated carbocycles. The van der Waals surface area contributed by atoms with Crippen LogP contribution in [0.1, 0.15) is 19.3 Å². The normalized spacial score (nSPS) is 27.7. The van der Waals surface area contributed by atoms with Gasteiger partial charge in [-0.3, -0.25) is 4.79 Å². The number of carbonyl (C=O) groups is 1. The van der Waals surface area contributed by atoms with Crippen molar-refractivity contribution in [3.05, 3.63) is 0 Å². The van der Waals surface area contributed by atoms with Crippen LogP contribution >= 0.6 is 0 Å². The third kappa shape index (κ3) is 3.18. The van der Waals surface area contributed by atoms with Crippen molar-refractivity contribution in [1.82, 2.24) is 15.5 Å². The molecule has 2 saturated heterocycles. The Hall–Kier alpha value is -0.610. The molecule has 86 valence electrons. The van der Waals surface area contributed by atoms with E-state index in [1.165, 1.54) is 12.8 Å². The Morgan fingerprint density at radius 3 is 2.67 bits per heavy atom. The summed E-state index contributed by atoms with van der Waals surface area (Å²) < 4.78 is 0. The van der Waals surface area contributed by atoms with E-state index in [0.717, 1.165) is 45.7 Å². The lowest BCUT2D eigenvalue weighted by atomic mass is 9.95. The zero-order chi connectivity index (χ0) is 10.5. The molecule has 0 aliphatic carbocycles. The van der Waals surface area contributed by atoms with Gasteiger partial charge in [-0.05, 0) is 31.8 Å². The molecule has 2 heterocycles. The van der Waals surface area contributed by atoms with E-state index >= 15 is 0 Å². The van der Waals surface area contributed by atoms with Crippen LogP contribution in [0.2, 0.25) is 0 Å². The van der Waals surface area contributed by atoms with Crippen molar-refractivity contribution < 1.29 is 4.79 Å². The summed E-state index contributed by atoms with van der Waals surface area (Å²) in [4.78, 5) is 13.9. The number of nitrogens with one attached hydrogen (secondary N) is 2. The maximum atomic E-state index is 11.9. The van der Waals surface area contributed by atoms with E-state index in [-0.39, 0.29) is 0 Å². The zero-order valence-corrected chi connectivity index (χ0v) is 9.30. The molecule has 4 nitrogen and oxygen atoms in total. The minimum atomic E-state index is 0.352. The van der Waals surface area contributed by atoms with Crippen LogP contribution in [0.25, 0.3) is 0 Å². The summed E-state index contributed by atoms with van der Waals surface area (Å²) in [5.74, 6) is 0.923. The first-order chi connectivity index (χ1) is 7.36. The summed E-state index contributed by atoms with van der Waals surface area (Å²) in [6.07, 6.45) is 3.18. The Morgan fingerprint density at radius 1 is 1.20 bits per heavy atom. The van der Waals surface area contributed by atoms with Crippen LogP contribution < -0.4 is 10.6 Å². The van der Waals surface area contributed by atoms with E-state index in [9.17, 15) is 4.79 Å². The molecule has 1 amide bonds. The van der Waals surface area contributed by atoms with Gasteiger partial charge in [0.1, 0.15) is 0 Å². The summed E-state index contributed by atoms with van der Waals surface area (Å²) in [6.45, 7) is 5.83. The van der Waals surface area contributed by atoms with Crippen molar-refractivity contribution in [2.45, 2.75) is 19.3 Å². The van der Waals surface area contributed by atoms with Crippen molar-refractivity contribution in [3.63, 3.8) is 0 Å². The molecule has 4 heteroatoms. The number of piperazine rings is 1. The highest BCUT2D eigenvalue weighted by Crippen LogP contribution is 2.15. The molecule has 2 N–H and O–H groups in total. The summed E-state index contributed by atoms with van der Waals surface area (Å²) in [7, 11) is 0. The fraction of sp³-hybridized carbons (Fsp3) is 0.909. The van der Waals surface area contributed by atoms with Gasteiger partial charge in [-0.1, -0.05) is 0 Å². The zero-order valence-electron chi connectivity index (χ0n) is 9.30. The van der Waals surface area contributed by atoms with Gasteiger partial charge in [-0.15, -0.1) is 0 Å². The number of carbonyl (C=O) groups excluding carboxylic acids is 1. The predicted octanol–water partition coefficient (Wildman–Crippen LogP) is -0.192. The number of amides is 1. The largest absolute Gasteiger partial charge is 0.340 e. The second kappa shape index (κ2) is 5.47. The fourth-order valence-corrected chi connectivity index (χ4v) is 2.39. The summed E-state index contributed by atoms with van der Waals surface area (Å²) >= 11 is 0. The lowest BCUT2D eigenvalue weighted by Gasteiger charge is -2.30. The predicted molar refractivity (Wildman–Crippen MR) is 59.7 cm³/mol. The molecular weight excluding hydrogens is 190 g/mol. The Bertz CT molecular complexity index is 208. The van der Waals surface area contributed by atoms with Gasteiger partial charge in [0.25, 0.3) is 0 Å². The maximum Gasteiger partial charge on any atom is 0.222 e. The second-order valence-corrected chi connectivity index (χ2v) is 4.55. The summed E-state index contributed by atoms with van der Waals surface area (Å²) in [5.41, 5.74) is 0. The average Bonchev–Trinajstić information content (AvgIpc) is 2.31. The molecule has 0 aromatic rings. The van der Waals surface area contributed by atoms with E-state index in [1.54, 1.807) is 0 Å². The number of hydrogen-bond donors (Lipinski definition) is 2. The van der Waals surface area contributed by atoms with E-state index < -0.39 is 0 Å². The molecule has 0 aromatic carbocycles. The van der Waals surface area contributed by atoms with Crippen LogP contribution in [0.4, 0.5) is 0 Å². The van der Waals surface area contributed by atoms with Gasteiger partial charge < -0.3 is 15.5 Å². The van der Waals surface area contributed by atoms with Gasteiger partial charge in [0.2, 0.25) is 5.91 Å². The Kier molecular flexibility index (Phi) is 3.97. The first kappa shape index (κ1) is 10.9. The third-order valence-corrected chi connectivity index (χ3v) is 3.33. The van der Waals surface area contributed by atoms with Crippen molar-refractivity contribution in [3.8, 4) is 0 Å². The number of piperidine rings is 1. The molecule has 1 atom stereocenters. The van der Waals surface area contributed by atoms with Crippen LogP contribution in [0, 0.1) is 5.92 Å². The van der Waals surface area contributed by atoms with Gasteiger partial charge in [0.05, 0.1) is 0 Å². The van der Waals surface area contributed by atoms with Crippen molar-refractivity contribution in [2.24, 2.45) is 5.92 Å². The van der Waals surface area contributed by atoms with Crippen LogP contribution in [-0.2, 0) is 4.79 Å². The molecule has 2 rings (SSSR count). The molecule has 0 spiro atoms. The van der Waals surface area contributed by atoms with Gasteiger partial charge in [0.15, 0.2) is 0 Å². The lowest BCUT2D eigenvalue weighted by molar-refractivity contribution is -0.132. The Labute approximate surface area is 91.4 Å². The Morgan fingerprint density at radius 2 is 2.00 bits per heavy atom. The van der Waals surface area contributed by atoms with Crippen molar-refractivity contribution in [1.29, 1.82) is 0 Å². The average molecular weight is 211 g/mol.